The lowest BCUT2D eigenvalue weighted by Gasteiger charge is -2.14. The number of hydrogen-bond acceptors (Lipinski definition) is 1. The minimum Gasteiger partial charge on any atom is -0.493 e. The summed E-state index contributed by atoms with van der Waals surface area (Å²) in [7, 11) is 0. The van der Waals surface area contributed by atoms with Crippen molar-refractivity contribution in [3.8, 4) is 5.75 Å². The summed E-state index contributed by atoms with van der Waals surface area (Å²) in [6.07, 6.45) is 9.33. The maximum atomic E-state index is 5.86. The maximum absolute atomic E-state index is 5.86. The lowest BCUT2D eigenvalue weighted by atomic mass is 9.98. The Kier molecular flexibility index (Phi) is 4.03. The van der Waals surface area contributed by atoms with Crippen LogP contribution < -0.4 is 4.74 Å². The van der Waals surface area contributed by atoms with Gasteiger partial charge in [0.1, 0.15) is 5.75 Å². The third kappa shape index (κ3) is 2.66. The molecule has 1 heteroatoms. The van der Waals surface area contributed by atoms with Crippen molar-refractivity contribution in [3.05, 3.63) is 42.0 Å². The van der Waals surface area contributed by atoms with Gasteiger partial charge in [0.15, 0.2) is 0 Å². The van der Waals surface area contributed by atoms with Gasteiger partial charge in [0, 0.05) is 11.5 Å². The van der Waals surface area contributed by atoms with Gasteiger partial charge in [-0.15, -0.1) is 0 Å². The van der Waals surface area contributed by atoms with Crippen LogP contribution in [0.2, 0.25) is 0 Å². The number of hydrogen-bond donors (Lipinski definition) is 0. The van der Waals surface area contributed by atoms with Crippen molar-refractivity contribution < 1.29 is 4.74 Å². The molecule has 0 aromatic heterocycles. The van der Waals surface area contributed by atoms with E-state index in [0.29, 0.717) is 5.92 Å². The lowest BCUT2D eigenvalue weighted by molar-refractivity contribution is 0.305. The van der Waals surface area contributed by atoms with Crippen molar-refractivity contribution in [2.24, 2.45) is 0 Å². The van der Waals surface area contributed by atoms with Gasteiger partial charge in [-0.05, 0) is 25.3 Å². The van der Waals surface area contributed by atoms with E-state index in [1.807, 2.05) is 0 Å². The molecule has 0 spiro atoms. The Balaban J connectivity index is 2.07. The molecule has 0 bridgehead atoms. The average Bonchev–Trinajstić information content (AvgIpc) is 2.83. The molecule has 1 nitrogen and oxygen atoms in total. The summed E-state index contributed by atoms with van der Waals surface area (Å²) in [5.74, 6) is 1.64. The van der Waals surface area contributed by atoms with Gasteiger partial charge >= 0.3 is 0 Å². The molecule has 0 fully saturated rings. The maximum Gasteiger partial charge on any atom is 0.123 e. The van der Waals surface area contributed by atoms with Gasteiger partial charge in [-0.1, -0.05) is 43.7 Å². The molecule has 1 aliphatic rings. The number of allylic oxidation sites excluding steroid dienone is 2. The molecule has 86 valence electrons. The smallest absolute Gasteiger partial charge is 0.123 e. The molecule has 0 N–H and O–H groups in total. The van der Waals surface area contributed by atoms with E-state index in [9.17, 15) is 0 Å². The number of unbranched alkanes of at least 4 members (excludes halogenated alkanes) is 1. The van der Waals surface area contributed by atoms with Crippen molar-refractivity contribution in [2.75, 3.05) is 6.61 Å². The summed E-state index contributed by atoms with van der Waals surface area (Å²) in [4.78, 5) is 0. The van der Waals surface area contributed by atoms with Crippen molar-refractivity contribution in [3.63, 3.8) is 0 Å². The topological polar surface area (TPSA) is 9.23 Å². The second kappa shape index (κ2) is 5.74. The largest absolute Gasteiger partial charge is 0.493 e. The Morgan fingerprint density at radius 1 is 1.31 bits per heavy atom. The number of ether oxygens (including phenoxy) is 1. The quantitative estimate of drug-likeness (QED) is 0.526. The molecule has 0 amide bonds. The number of benzene rings is 1. The van der Waals surface area contributed by atoms with Gasteiger partial charge in [-0.3, -0.25) is 0 Å². The van der Waals surface area contributed by atoms with Crippen LogP contribution in [0.15, 0.2) is 36.4 Å². The molecule has 0 heterocycles. The summed E-state index contributed by atoms with van der Waals surface area (Å²) >= 11 is 0. The molecule has 0 saturated carbocycles. The predicted octanol–water partition coefficient (Wildman–Crippen LogP) is 4.30. The minimum absolute atomic E-state index is 0.567. The van der Waals surface area contributed by atoms with Crippen molar-refractivity contribution in [1.82, 2.24) is 0 Å². The van der Waals surface area contributed by atoms with Gasteiger partial charge in [0.25, 0.3) is 0 Å². The summed E-state index contributed by atoms with van der Waals surface area (Å²) in [5, 5.41) is 0. The molecular formula is C15H20O. The zero-order valence-electron chi connectivity index (χ0n) is 9.99. The molecule has 1 aromatic rings. The van der Waals surface area contributed by atoms with Crippen LogP contribution in [0.5, 0.6) is 5.75 Å². The normalized spacial score (nSPS) is 18.9. The van der Waals surface area contributed by atoms with E-state index < -0.39 is 0 Å². The highest BCUT2D eigenvalue weighted by atomic mass is 16.5. The first-order valence-electron chi connectivity index (χ1n) is 6.30. The fourth-order valence-electron chi connectivity index (χ4n) is 2.14. The number of para-hydroxylation sites is 1. The third-order valence-corrected chi connectivity index (χ3v) is 3.09. The molecule has 0 radical (unpaired) electrons. The molecule has 2 rings (SSSR count). The summed E-state index contributed by atoms with van der Waals surface area (Å²) in [6, 6.07) is 8.45. The van der Waals surface area contributed by atoms with Crippen LogP contribution in [0, 0.1) is 0 Å². The molecule has 1 aromatic carbocycles. The highest BCUT2D eigenvalue weighted by Crippen LogP contribution is 2.34. The van der Waals surface area contributed by atoms with E-state index >= 15 is 0 Å². The van der Waals surface area contributed by atoms with Crippen LogP contribution in [0.1, 0.15) is 44.1 Å². The van der Waals surface area contributed by atoms with Crippen LogP contribution >= 0.6 is 0 Å². The van der Waals surface area contributed by atoms with Gasteiger partial charge in [0.2, 0.25) is 0 Å². The summed E-state index contributed by atoms with van der Waals surface area (Å²) in [5.41, 5.74) is 1.35. The molecule has 1 unspecified atom stereocenters. The first kappa shape index (κ1) is 11.3. The Morgan fingerprint density at radius 3 is 2.94 bits per heavy atom. The van der Waals surface area contributed by atoms with Crippen LogP contribution in [0.25, 0.3) is 0 Å². The molecule has 0 aliphatic heterocycles. The second-order valence-electron chi connectivity index (χ2n) is 4.35. The Labute approximate surface area is 98.1 Å². The van der Waals surface area contributed by atoms with Crippen LogP contribution in [-0.2, 0) is 0 Å². The Hall–Kier alpha value is -1.24. The molecule has 1 aliphatic carbocycles. The third-order valence-electron chi connectivity index (χ3n) is 3.09. The van der Waals surface area contributed by atoms with Crippen LogP contribution in [0.3, 0.4) is 0 Å². The summed E-state index contributed by atoms with van der Waals surface area (Å²) in [6.45, 7) is 3.03. The fraction of sp³-hybridized carbons (Fsp3) is 0.467. The molecular weight excluding hydrogens is 196 g/mol. The first-order chi connectivity index (χ1) is 7.92. The summed E-state index contributed by atoms with van der Waals surface area (Å²) < 4.78 is 5.86. The van der Waals surface area contributed by atoms with Crippen LogP contribution in [0.4, 0.5) is 0 Å². The van der Waals surface area contributed by atoms with E-state index in [1.54, 1.807) is 0 Å². The zero-order valence-corrected chi connectivity index (χ0v) is 9.99. The lowest BCUT2D eigenvalue weighted by Crippen LogP contribution is -2.01. The van der Waals surface area contributed by atoms with Gasteiger partial charge < -0.3 is 4.74 Å². The predicted molar refractivity (Wildman–Crippen MR) is 68.0 cm³/mol. The SMILES string of the molecule is CCCCOc1ccccc1C1C=CCC1. The van der Waals surface area contributed by atoms with Gasteiger partial charge in [-0.2, -0.15) is 0 Å². The monoisotopic (exact) mass is 216 g/mol. The average molecular weight is 216 g/mol. The standard InChI is InChI=1S/C15H20O/c1-2-3-12-16-15-11-7-6-10-14(15)13-8-4-5-9-13/h4,6-8,10-11,13H,2-3,5,9,12H2,1H3. The first-order valence-corrected chi connectivity index (χ1v) is 6.30. The highest BCUT2D eigenvalue weighted by molar-refractivity contribution is 5.39. The van der Waals surface area contributed by atoms with Crippen molar-refractivity contribution >= 4 is 0 Å². The highest BCUT2D eigenvalue weighted by Gasteiger charge is 2.15. The molecule has 1 atom stereocenters. The van der Waals surface area contributed by atoms with E-state index in [0.717, 1.165) is 18.8 Å². The van der Waals surface area contributed by atoms with Gasteiger partial charge in [0.05, 0.1) is 6.61 Å². The van der Waals surface area contributed by atoms with E-state index in [2.05, 4.69) is 43.3 Å². The van der Waals surface area contributed by atoms with Crippen molar-refractivity contribution in [2.45, 2.75) is 38.5 Å². The zero-order chi connectivity index (χ0) is 11.2. The second-order valence-corrected chi connectivity index (χ2v) is 4.35. The fourth-order valence-corrected chi connectivity index (χ4v) is 2.14. The van der Waals surface area contributed by atoms with E-state index in [-0.39, 0.29) is 0 Å². The number of rotatable bonds is 5. The Bertz CT molecular complexity index is 354. The van der Waals surface area contributed by atoms with Gasteiger partial charge in [-0.25, -0.2) is 0 Å². The van der Waals surface area contributed by atoms with E-state index in [1.165, 1.54) is 24.8 Å². The van der Waals surface area contributed by atoms with Crippen LogP contribution in [-0.4, -0.2) is 6.61 Å². The van der Waals surface area contributed by atoms with Crippen molar-refractivity contribution in [1.29, 1.82) is 0 Å². The van der Waals surface area contributed by atoms with E-state index in [4.69, 9.17) is 4.74 Å². The molecule has 0 saturated heterocycles. The Morgan fingerprint density at radius 2 is 2.19 bits per heavy atom. The molecule has 16 heavy (non-hydrogen) atoms. The minimum atomic E-state index is 0.567.